The number of amides is 1. The van der Waals surface area contributed by atoms with Crippen molar-refractivity contribution in [3.8, 4) is 5.75 Å². The average molecular weight is 371 g/mol. The number of benzene rings is 1. The van der Waals surface area contributed by atoms with Gasteiger partial charge in [0.25, 0.3) is 0 Å². The van der Waals surface area contributed by atoms with E-state index in [2.05, 4.69) is 31.3 Å². The topological polar surface area (TPSA) is 50.4 Å². The van der Waals surface area contributed by atoms with Crippen molar-refractivity contribution >= 4 is 39.3 Å². The summed E-state index contributed by atoms with van der Waals surface area (Å²) >= 11 is 4.61. The standard InChI is InChI=1S/C11H10BrF3N2O2S/c12-6-1-2-7(9(3-6)19-11(13,14)15)17-10(18)8-4-20-5-16-8/h1-3,8,16H,4-5H2,(H,17,18). The number of anilines is 1. The van der Waals surface area contributed by atoms with Crippen molar-refractivity contribution < 1.29 is 22.7 Å². The van der Waals surface area contributed by atoms with Crippen LogP contribution in [-0.2, 0) is 4.79 Å². The lowest BCUT2D eigenvalue weighted by atomic mass is 10.2. The van der Waals surface area contributed by atoms with E-state index in [0.29, 0.717) is 16.1 Å². The summed E-state index contributed by atoms with van der Waals surface area (Å²) in [4.78, 5) is 11.9. The van der Waals surface area contributed by atoms with Crippen molar-refractivity contribution in [1.82, 2.24) is 5.32 Å². The number of thioether (sulfide) groups is 1. The summed E-state index contributed by atoms with van der Waals surface area (Å²) < 4.78 is 41.3. The monoisotopic (exact) mass is 370 g/mol. The highest BCUT2D eigenvalue weighted by Gasteiger charge is 2.33. The Bertz CT molecular complexity index is 507. The van der Waals surface area contributed by atoms with Crippen LogP contribution in [-0.4, -0.2) is 29.9 Å². The van der Waals surface area contributed by atoms with Gasteiger partial charge in [-0.1, -0.05) is 15.9 Å². The number of hydrogen-bond donors (Lipinski definition) is 2. The third-order valence-electron chi connectivity index (χ3n) is 2.46. The third-order valence-corrected chi connectivity index (χ3v) is 3.89. The average Bonchev–Trinajstić information content (AvgIpc) is 2.84. The molecule has 1 aromatic rings. The molecule has 1 aromatic carbocycles. The van der Waals surface area contributed by atoms with E-state index in [-0.39, 0.29) is 11.6 Å². The third kappa shape index (κ3) is 4.29. The van der Waals surface area contributed by atoms with Crippen LogP contribution in [0.4, 0.5) is 18.9 Å². The molecule has 9 heteroatoms. The molecule has 0 aromatic heterocycles. The van der Waals surface area contributed by atoms with Gasteiger partial charge in [0, 0.05) is 16.1 Å². The zero-order valence-electron chi connectivity index (χ0n) is 9.96. The van der Waals surface area contributed by atoms with Gasteiger partial charge in [0.2, 0.25) is 5.91 Å². The summed E-state index contributed by atoms with van der Waals surface area (Å²) in [7, 11) is 0. The van der Waals surface area contributed by atoms with Gasteiger partial charge in [0.15, 0.2) is 5.75 Å². The fraction of sp³-hybridized carbons (Fsp3) is 0.364. The molecule has 4 nitrogen and oxygen atoms in total. The van der Waals surface area contributed by atoms with Crippen LogP contribution in [0.3, 0.4) is 0 Å². The second kappa shape index (κ2) is 6.23. The van der Waals surface area contributed by atoms with Crippen molar-refractivity contribution in [3.05, 3.63) is 22.7 Å². The second-order valence-corrected chi connectivity index (χ2v) is 5.90. The normalized spacial score (nSPS) is 18.9. The van der Waals surface area contributed by atoms with Gasteiger partial charge in [0.05, 0.1) is 11.7 Å². The van der Waals surface area contributed by atoms with Crippen LogP contribution >= 0.6 is 27.7 Å². The molecule has 1 unspecified atom stereocenters. The highest BCUT2D eigenvalue weighted by Crippen LogP contribution is 2.33. The van der Waals surface area contributed by atoms with Gasteiger partial charge in [-0.25, -0.2) is 0 Å². The first-order chi connectivity index (χ1) is 9.35. The maximum atomic E-state index is 12.3. The Kier molecular flexibility index (Phi) is 4.82. The fourth-order valence-electron chi connectivity index (χ4n) is 1.59. The molecular formula is C11H10BrF3N2O2S. The number of carbonyl (C=O) groups is 1. The molecule has 1 atom stereocenters. The van der Waals surface area contributed by atoms with E-state index < -0.39 is 18.2 Å². The van der Waals surface area contributed by atoms with Gasteiger partial charge in [-0.2, -0.15) is 0 Å². The lowest BCUT2D eigenvalue weighted by Crippen LogP contribution is -2.37. The molecule has 110 valence electrons. The summed E-state index contributed by atoms with van der Waals surface area (Å²) in [6.45, 7) is 0. The number of ether oxygens (including phenoxy) is 1. The molecule has 2 N–H and O–H groups in total. The van der Waals surface area contributed by atoms with Crippen LogP contribution in [0.2, 0.25) is 0 Å². The quantitative estimate of drug-likeness (QED) is 0.858. The van der Waals surface area contributed by atoms with E-state index in [4.69, 9.17) is 0 Å². The first-order valence-electron chi connectivity index (χ1n) is 5.52. The lowest BCUT2D eigenvalue weighted by Gasteiger charge is -2.16. The molecule has 20 heavy (non-hydrogen) atoms. The molecule has 1 saturated heterocycles. The van der Waals surface area contributed by atoms with Crippen molar-refractivity contribution in [2.75, 3.05) is 16.9 Å². The molecule has 1 aliphatic heterocycles. The second-order valence-electron chi connectivity index (χ2n) is 3.95. The van der Waals surface area contributed by atoms with Crippen LogP contribution in [0.5, 0.6) is 5.75 Å². The van der Waals surface area contributed by atoms with Gasteiger partial charge in [0.1, 0.15) is 0 Å². The van der Waals surface area contributed by atoms with Gasteiger partial charge in [-0.3, -0.25) is 10.1 Å². The minimum absolute atomic E-state index is 0.0192. The smallest absolute Gasteiger partial charge is 0.404 e. The maximum Gasteiger partial charge on any atom is 0.573 e. The van der Waals surface area contributed by atoms with Crippen molar-refractivity contribution in [2.45, 2.75) is 12.4 Å². The molecule has 1 aliphatic rings. The van der Waals surface area contributed by atoms with Crippen molar-refractivity contribution in [1.29, 1.82) is 0 Å². The minimum Gasteiger partial charge on any atom is -0.404 e. The van der Waals surface area contributed by atoms with E-state index in [9.17, 15) is 18.0 Å². The molecule has 0 spiro atoms. The number of hydrogen-bond acceptors (Lipinski definition) is 4. The summed E-state index contributed by atoms with van der Waals surface area (Å²) in [6.07, 6.45) is -4.82. The molecule has 0 bridgehead atoms. The summed E-state index contributed by atoms with van der Waals surface area (Å²) in [6, 6.07) is 3.61. The van der Waals surface area contributed by atoms with E-state index in [0.717, 1.165) is 6.07 Å². The van der Waals surface area contributed by atoms with Crippen molar-refractivity contribution in [2.24, 2.45) is 0 Å². The predicted octanol–water partition coefficient (Wildman–Crippen LogP) is 2.95. The van der Waals surface area contributed by atoms with Gasteiger partial charge >= 0.3 is 6.36 Å². The Labute approximate surface area is 125 Å². The van der Waals surface area contributed by atoms with Gasteiger partial charge in [-0.15, -0.1) is 24.9 Å². The number of halogens is 4. The molecular weight excluding hydrogens is 361 g/mol. The number of nitrogens with one attached hydrogen (secondary N) is 2. The first kappa shape index (κ1) is 15.5. The van der Waals surface area contributed by atoms with Gasteiger partial charge < -0.3 is 10.1 Å². The molecule has 1 heterocycles. The molecule has 0 aliphatic carbocycles. The SMILES string of the molecule is O=C(Nc1ccc(Br)cc1OC(F)(F)F)C1CSCN1. The Balaban J connectivity index is 2.15. The van der Waals surface area contributed by atoms with Crippen LogP contribution in [0, 0.1) is 0 Å². The van der Waals surface area contributed by atoms with E-state index in [1.54, 1.807) is 11.8 Å². The summed E-state index contributed by atoms with van der Waals surface area (Å²) in [5.41, 5.74) is -0.0192. The lowest BCUT2D eigenvalue weighted by molar-refractivity contribution is -0.274. The number of carbonyl (C=O) groups excluding carboxylic acids is 1. The highest BCUT2D eigenvalue weighted by molar-refractivity contribution is 9.10. The Morgan fingerprint density at radius 3 is 2.85 bits per heavy atom. The zero-order valence-corrected chi connectivity index (χ0v) is 12.4. The number of alkyl halides is 3. The first-order valence-corrected chi connectivity index (χ1v) is 7.47. The van der Waals surface area contributed by atoms with Gasteiger partial charge in [-0.05, 0) is 18.2 Å². The molecule has 1 amide bonds. The van der Waals surface area contributed by atoms with Crippen LogP contribution in [0.15, 0.2) is 22.7 Å². The minimum atomic E-state index is -4.82. The van der Waals surface area contributed by atoms with Crippen LogP contribution in [0.25, 0.3) is 0 Å². The van der Waals surface area contributed by atoms with Crippen LogP contribution < -0.4 is 15.4 Å². The highest BCUT2D eigenvalue weighted by atomic mass is 79.9. The van der Waals surface area contributed by atoms with Crippen LogP contribution in [0.1, 0.15) is 0 Å². The zero-order chi connectivity index (χ0) is 14.8. The summed E-state index contributed by atoms with van der Waals surface area (Å²) in [5, 5.41) is 5.38. The molecule has 0 saturated carbocycles. The van der Waals surface area contributed by atoms with Crippen molar-refractivity contribution in [3.63, 3.8) is 0 Å². The maximum absolute atomic E-state index is 12.3. The number of rotatable bonds is 3. The fourth-order valence-corrected chi connectivity index (χ4v) is 2.87. The predicted molar refractivity (Wildman–Crippen MR) is 73.7 cm³/mol. The molecule has 1 fully saturated rings. The molecule has 0 radical (unpaired) electrons. The summed E-state index contributed by atoms with van der Waals surface area (Å²) in [5.74, 6) is 0.387. The Hall–Kier alpha value is -0.930. The Morgan fingerprint density at radius 1 is 1.50 bits per heavy atom. The van der Waals surface area contributed by atoms with E-state index in [1.165, 1.54) is 12.1 Å². The largest absolute Gasteiger partial charge is 0.573 e. The van der Waals surface area contributed by atoms with E-state index >= 15 is 0 Å². The van der Waals surface area contributed by atoms with E-state index in [1.807, 2.05) is 0 Å². The molecule has 2 rings (SSSR count). The Morgan fingerprint density at radius 2 is 2.25 bits per heavy atom.